The minimum Gasteiger partial charge on any atom is -0.344 e. The molecule has 3 amide bonds. The van der Waals surface area contributed by atoms with Gasteiger partial charge in [-0.3, -0.25) is 14.4 Å². The quantitative estimate of drug-likeness (QED) is 0.515. The number of aryl methyl sites for hydroxylation is 1. The third kappa shape index (κ3) is 7.39. The second-order valence-corrected chi connectivity index (χ2v) is 9.67. The minimum atomic E-state index is -0.632. The molecule has 1 aliphatic rings. The molecule has 0 aromatic heterocycles. The molecule has 7 heteroatoms. The first-order valence-corrected chi connectivity index (χ1v) is 12.6. The van der Waals surface area contributed by atoms with E-state index in [2.05, 4.69) is 17.6 Å². The van der Waals surface area contributed by atoms with Crippen molar-refractivity contribution in [3.63, 3.8) is 0 Å². The molecule has 0 saturated carbocycles. The molecule has 0 radical (unpaired) electrons. The predicted octanol–water partition coefficient (Wildman–Crippen LogP) is 3.14. The number of hydrogen-bond donors (Lipinski definition) is 3. The highest BCUT2D eigenvalue weighted by Crippen LogP contribution is 2.20. The van der Waals surface area contributed by atoms with Gasteiger partial charge in [-0.25, -0.2) is 0 Å². The summed E-state index contributed by atoms with van der Waals surface area (Å²) in [6.07, 6.45) is 2.54. The second kappa shape index (κ2) is 12.5. The number of carbonyl (C=O) groups excluding carboxylic acids is 3. The standard InChI is InChI=1S/C28H38N4O3/c1-4-20-10-12-23(13-11-20)30-27(34)25(19(2)3)31-26(33)22-14-16-32(17-15-22)28(35)24(29)18-21-8-6-5-7-9-21/h5-13,19,22,24-25H,4,14-18,29H2,1-3H3,(H,30,34)(H,31,33). The number of benzene rings is 2. The van der Waals surface area contributed by atoms with Gasteiger partial charge in [0, 0.05) is 24.7 Å². The zero-order chi connectivity index (χ0) is 25.4. The van der Waals surface area contributed by atoms with E-state index < -0.39 is 12.1 Å². The van der Waals surface area contributed by atoms with Crippen LogP contribution in [0.5, 0.6) is 0 Å². The lowest BCUT2D eigenvalue weighted by Crippen LogP contribution is -2.52. The molecule has 1 saturated heterocycles. The molecule has 1 heterocycles. The van der Waals surface area contributed by atoms with Crippen molar-refractivity contribution < 1.29 is 14.4 Å². The van der Waals surface area contributed by atoms with E-state index in [1.54, 1.807) is 4.90 Å². The van der Waals surface area contributed by atoms with Crippen LogP contribution >= 0.6 is 0 Å². The summed E-state index contributed by atoms with van der Waals surface area (Å²) >= 11 is 0. The average molecular weight is 479 g/mol. The molecule has 2 atom stereocenters. The number of anilines is 1. The molecule has 188 valence electrons. The van der Waals surface area contributed by atoms with E-state index in [1.807, 2.05) is 68.4 Å². The fourth-order valence-corrected chi connectivity index (χ4v) is 4.40. The molecule has 0 bridgehead atoms. The number of piperidine rings is 1. The van der Waals surface area contributed by atoms with Gasteiger partial charge in [0.1, 0.15) is 6.04 Å². The molecule has 1 aliphatic heterocycles. The van der Waals surface area contributed by atoms with Crippen LogP contribution in [0, 0.1) is 11.8 Å². The summed E-state index contributed by atoms with van der Waals surface area (Å²) in [7, 11) is 0. The van der Waals surface area contributed by atoms with E-state index in [1.165, 1.54) is 5.56 Å². The van der Waals surface area contributed by atoms with Crippen molar-refractivity contribution in [3.05, 3.63) is 65.7 Å². The Balaban J connectivity index is 1.50. The third-order valence-corrected chi connectivity index (χ3v) is 6.67. The Morgan fingerprint density at radius 2 is 1.60 bits per heavy atom. The maximum atomic E-state index is 13.0. The van der Waals surface area contributed by atoms with E-state index in [0.29, 0.717) is 38.0 Å². The van der Waals surface area contributed by atoms with Crippen LogP contribution in [0.15, 0.2) is 54.6 Å². The first-order chi connectivity index (χ1) is 16.8. The van der Waals surface area contributed by atoms with Crippen LogP contribution in [0.2, 0.25) is 0 Å². The number of likely N-dealkylation sites (tertiary alicyclic amines) is 1. The van der Waals surface area contributed by atoms with Crippen LogP contribution in [-0.2, 0) is 27.2 Å². The molecule has 2 aromatic rings. The molecule has 3 rings (SSSR count). The van der Waals surface area contributed by atoms with Gasteiger partial charge in [-0.05, 0) is 54.9 Å². The highest BCUT2D eigenvalue weighted by Gasteiger charge is 2.32. The molecule has 2 aromatic carbocycles. The molecule has 0 spiro atoms. The van der Waals surface area contributed by atoms with Crippen molar-refractivity contribution in [2.75, 3.05) is 18.4 Å². The van der Waals surface area contributed by atoms with E-state index in [4.69, 9.17) is 5.73 Å². The van der Waals surface area contributed by atoms with Crippen LogP contribution < -0.4 is 16.4 Å². The number of hydrogen-bond acceptors (Lipinski definition) is 4. The summed E-state index contributed by atoms with van der Waals surface area (Å²) < 4.78 is 0. The lowest BCUT2D eigenvalue weighted by Gasteiger charge is -2.34. The number of nitrogens with two attached hydrogens (primary N) is 1. The first kappa shape index (κ1) is 26.4. The molecule has 0 aliphatic carbocycles. The van der Waals surface area contributed by atoms with Gasteiger partial charge in [-0.1, -0.05) is 63.2 Å². The SMILES string of the molecule is CCc1ccc(NC(=O)C(NC(=O)C2CCN(C(=O)C(N)Cc3ccccc3)CC2)C(C)C)cc1. The normalized spacial score (nSPS) is 16.0. The predicted molar refractivity (Wildman–Crippen MR) is 139 cm³/mol. The number of nitrogens with one attached hydrogen (secondary N) is 2. The molecular formula is C28H38N4O3. The minimum absolute atomic E-state index is 0.0634. The van der Waals surface area contributed by atoms with Crippen molar-refractivity contribution in [2.24, 2.45) is 17.6 Å². The lowest BCUT2D eigenvalue weighted by atomic mass is 9.93. The lowest BCUT2D eigenvalue weighted by molar-refractivity contribution is -0.137. The van der Waals surface area contributed by atoms with E-state index >= 15 is 0 Å². The smallest absolute Gasteiger partial charge is 0.247 e. The summed E-state index contributed by atoms with van der Waals surface area (Å²) in [4.78, 5) is 40.4. The van der Waals surface area contributed by atoms with Crippen LogP contribution in [0.1, 0.15) is 44.7 Å². The molecule has 35 heavy (non-hydrogen) atoms. The molecule has 2 unspecified atom stereocenters. The van der Waals surface area contributed by atoms with Gasteiger partial charge < -0.3 is 21.3 Å². The fourth-order valence-electron chi connectivity index (χ4n) is 4.40. The Kier molecular flexibility index (Phi) is 9.43. The highest BCUT2D eigenvalue weighted by molar-refractivity contribution is 5.97. The average Bonchev–Trinajstić information content (AvgIpc) is 2.87. The van der Waals surface area contributed by atoms with Gasteiger partial charge >= 0.3 is 0 Å². The zero-order valence-corrected chi connectivity index (χ0v) is 21.0. The van der Waals surface area contributed by atoms with Gasteiger partial charge in [0.05, 0.1) is 6.04 Å². The summed E-state index contributed by atoms with van der Waals surface area (Å²) in [5.41, 5.74) is 9.11. The Labute approximate surface area is 208 Å². The number of rotatable bonds is 9. The van der Waals surface area contributed by atoms with E-state index in [9.17, 15) is 14.4 Å². The third-order valence-electron chi connectivity index (χ3n) is 6.67. The van der Waals surface area contributed by atoms with Crippen molar-refractivity contribution in [2.45, 2.75) is 58.5 Å². The van der Waals surface area contributed by atoms with E-state index in [-0.39, 0.29) is 29.6 Å². The summed E-state index contributed by atoms with van der Waals surface area (Å²) in [5, 5.41) is 5.87. The van der Waals surface area contributed by atoms with Crippen molar-refractivity contribution in [1.82, 2.24) is 10.2 Å². The Morgan fingerprint density at radius 3 is 2.17 bits per heavy atom. The van der Waals surface area contributed by atoms with Gasteiger partial charge in [-0.2, -0.15) is 0 Å². The second-order valence-electron chi connectivity index (χ2n) is 9.67. The molecule has 1 fully saturated rings. The topological polar surface area (TPSA) is 105 Å². The number of nitrogens with zero attached hydrogens (tertiary/aromatic N) is 1. The van der Waals surface area contributed by atoms with Crippen molar-refractivity contribution in [3.8, 4) is 0 Å². The highest BCUT2D eigenvalue weighted by atomic mass is 16.2. The number of carbonyl (C=O) groups is 3. The molecule has 4 N–H and O–H groups in total. The summed E-state index contributed by atoms with van der Waals surface area (Å²) in [6, 6.07) is 16.2. The maximum absolute atomic E-state index is 13.0. The summed E-state index contributed by atoms with van der Waals surface area (Å²) in [5.74, 6) is -0.743. The fraction of sp³-hybridized carbons (Fsp3) is 0.464. The van der Waals surface area contributed by atoms with Crippen LogP contribution in [-0.4, -0.2) is 47.8 Å². The van der Waals surface area contributed by atoms with Gasteiger partial charge in [0.15, 0.2) is 0 Å². The Hall–Kier alpha value is -3.19. The van der Waals surface area contributed by atoms with Crippen molar-refractivity contribution >= 4 is 23.4 Å². The van der Waals surface area contributed by atoms with Crippen LogP contribution in [0.3, 0.4) is 0 Å². The molecule has 7 nitrogen and oxygen atoms in total. The first-order valence-electron chi connectivity index (χ1n) is 12.6. The maximum Gasteiger partial charge on any atom is 0.247 e. The monoisotopic (exact) mass is 478 g/mol. The van der Waals surface area contributed by atoms with Gasteiger partial charge in [0.25, 0.3) is 0 Å². The Bertz CT molecular complexity index is 983. The summed E-state index contributed by atoms with van der Waals surface area (Å²) in [6.45, 7) is 6.89. The Morgan fingerprint density at radius 1 is 0.971 bits per heavy atom. The van der Waals surface area contributed by atoms with E-state index in [0.717, 1.165) is 12.0 Å². The van der Waals surface area contributed by atoms with Crippen molar-refractivity contribution in [1.29, 1.82) is 0 Å². The molecular weight excluding hydrogens is 440 g/mol. The van der Waals surface area contributed by atoms with Crippen LogP contribution in [0.25, 0.3) is 0 Å². The largest absolute Gasteiger partial charge is 0.344 e. The van der Waals surface area contributed by atoms with Crippen LogP contribution in [0.4, 0.5) is 5.69 Å². The van der Waals surface area contributed by atoms with Gasteiger partial charge in [0.2, 0.25) is 17.7 Å². The zero-order valence-electron chi connectivity index (χ0n) is 21.0. The number of amides is 3. The van der Waals surface area contributed by atoms with Gasteiger partial charge in [-0.15, -0.1) is 0 Å².